The maximum absolute atomic E-state index is 16.0. The first-order valence-electron chi connectivity index (χ1n) is 12.9. The van der Waals surface area contributed by atoms with Crippen molar-refractivity contribution in [2.75, 3.05) is 0 Å². The van der Waals surface area contributed by atoms with E-state index in [0.717, 1.165) is 23.5 Å². The van der Waals surface area contributed by atoms with Crippen LogP contribution in [0.1, 0.15) is 25.0 Å². The summed E-state index contributed by atoms with van der Waals surface area (Å²) in [5.74, 6) is -16.0. The number of benzene rings is 3. The standard InChI is InChI=1S/C31H20F6O3S2/c1-16(39-26(38)40-17-10-4-3-5-11-17)28-23(19-13-7-9-15-21(19)42-28)25-24(29(32,33)31(36,37)30(25,34)35)22-18-12-6-8-14-20(18)41-27(22,28)2/h3-16H,1-2H3/t16-,27+,28+/m0/s1. The van der Waals surface area contributed by atoms with Gasteiger partial charge in [0.25, 0.3) is 0 Å². The second kappa shape index (κ2) is 8.63. The zero-order chi connectivity index (χ0) is 29.9. The Morgan fingerprint density at radius 2 is 1.19 bits per heavy atom. The van der Waals surface area contributed by atoms with Crippen molar-refractivity contribution < 1.29 is 40.6 Å². The van der Waals surface area contributed by atoms with E-state index in [1.165, 1.54) is 37.3 Å². The first-order chi connectivity index (χ1) is 19.8. The third kappa shape index (κ3) is 3.16. The third-order valence-corrected chi connectivity index (χ3v) is 11.9. The van der Waals surface area contributed by atoms with Gasteiger partial charge in [-0.05, 0) is 60.4 Å². The smallest absolute Gasteiger partial charge is 0.429 e. The molecule has 3 nitrogen and oxygen atoms in total. The van der Waals surface area contributed by atoms with E-state index in [4.69, 9.17) is 9.47 Å². The Balaban J connectivity index is 1.53. The fraction of sp³-hybridized carbons (Fsp3) is 0.258. The van der Waals surface area contributed by atoms with E-state index in [1.54, 1.807) is 55.5 Å². The molecule has 2 heterocycles. The highest BCUT2D eigenvalue weighted by Crippen LogP contribution is 2.78. The number of allylic oxidation sites excluding steroid dienone is 2. The number of halogens is 6. The van der Waals surface area contributed by atoms with Crippen LogP contribution in [0, 0.1) is 0 Å². The highest BCUT2D eigenvalue weighted by molar-refractivity contribution is 8.06. The summed E-state index contributed by atoms with van der Waals surface area (Å²) in [6.07, 6.45) is -2.46. The first-order valence-corrected chi connectivity index (χ1v) is 14.6. The molecule has 216 valence electrons. The molecule has 4 aliphatic rings. The summed E-state index contributed by atoms with van der Waals surface area (Å²) in [4.78, 5) is 13.9. The molecule has 0 N–H and O–H groups in total. The van der Waals surface area contributed by atoms with Crippen LogP contribution in [0.2, 0.25) is 0 Å². The molecule has 0 unspecified atom stereocenters. The monoisotopic (exact) mass is 618 g/mol. The number of carbonyl (C=O) groups is 1. The van der Waals surface area contributed by atoms with Crippen molar-refractivity contribution in [3.8, 4) is 5.75 Å². The summed E-state index contributed by atoms with van der Waals surface area (Å²) < 4.78 is 102. The van der Waals surface area contributed by atoms with Crippen LogP contribution in [0.15, 0.2) is 99.8 Å². The van der Waals surface area contributed by atoms with E-state index in [1.807, 2.05) is 0 Å². The maximum atomic E-state index is 16.0. The zero-order valence-corrected chi connectivity index (χ0v) is 23.5. The molecule has 3 aromatic rings. The van der Waals surface area contributed by atoms with Crippen molar-refractivity contribution in [1.29, 1.82) is 0 Å². The van der Waals surface area contributed by atoms with Crippen LogP contribution in [0.4, 0.5) is 31.1 Å². The van der Waals surface area contributed by atoms with Gasteiger partial charge in [0.2, 0.25) is 0 Å². The lowest BCUT2D eigenvalue weighted by Crippen LogP contribution is -2.57. The number of thioether (sulfide) groups is 2. The van der Waals surface area contributed by atoms with E-state index in [2.05, 4.69) is 0 Å². The molecule has 0 saturated heterocycles. The summed E-state index contributed by atoms with van der Waals surface area (Å²) in [6, 6.07) is 20.5. The minimum absolute atomic E-state index is 0.117. The van der Waals surface area contributed by atoms with Gasteiger partial charge in [0, 0.05) is 20.9 Å². The van der Waals surface area contributed by atoms with Gasteiger partial charge in [0.15, 0.2) is 0 Å². The molecule has 0 aromatic heterocycles. The summed E-state index contributed by atoms with van der Waals surface area (Å²) in [6.45, 7) is 3.02. The Morgan fingerprint density at radius 1 is 0.690 bits per heavy atom. The van der Waals surface area contributed by atoms with Gasteiger partial charge in [-0.2, -0.15) is 26.3 Å². The minimum Gasteiger partial charge on any atom is -0.429 e. The van der Waals surface area contributed by atoms with Crippen molar-refractivity contribution >= 4 is 40.8 Å². The molecular formula is C31H20F6O3S2. The average Bonchev–Trinajstić information content (AvgIpc) is 3.49. The lowest BCUT2D eigenvalue weighted by atomic mass is 9.65. The van der Waals surface area contributed by atoms with Crippen molar-refractivity contribution in [2.24, 2.45) is 0 Å². The van der Waals surface area contributed by atoms with E-state index in [9.17, 15) is 4.79 Å². The van der Waals surface area contributed by atoms with Gasteiger partial charge in [-0.3, -0.25) is 0 Å². The van der Waals surface area contributed by atoms with Crippen molar-refractivity contribution in [3.05, 3.63) is 101 Å². The molecular weight excluding hydrogens is 598 g/mol. The summed E-state index contributed by atoms with van der Waals surface area (Å²) in [7, 11) is 0. The van der Waals surface area contributed by atoms with Crippen LogP contribution >= 0.6 is 23.5 Å². The zero-order valence-electron chi connectivity index (χ0n) is 21.9. The molecule has 7 rings (SSSR count). The Kier molecular flexibility index (Phi) is 5.65. The second-order valence-corrected chi connectivity index (χ2v) is 13.4. The molecule has 3 aromatic carbocycles. The van der Waals surface area contributed by atoms with Gasteiger partial charge in [0.1, 0.15) is 16.6 Å². The molecule has 42 heavy (non-hydrogen) atoms. The van der Waals surface area contributed by atoms with Gasteiger partial charge in [0.05, 0.1) is 4.75 Å². The molecule has 11 heteroatoms. The van der Waals surface area contributed by atoms with Gasteiger partial charge in [-0.15, -0.1) is 23.5 Å². The molecule has 0 spiro atoms. The van der Waals surface area contributed by atoms with Crippen LogP contribution in [-0.4, -0.2) is 39.5 Å². The SMILES string of the molecule is C[C@H](OC(=O)Oc1ccccc1)[C@@]12Sc3ccccc3C1=C1C(=C3c4ccccc4S[C@]32C)C(F)(F)C(F)(F)C1(F)F. The Labute approximate surface area is 245 Å². The number of ether oxygens (including phenoxy) is 2. The summed E-state index contributed by atoms with van der Waals surface area (Å²) in [5, 5.41) is 0. The van der Waals surface area contributed by atoms with Crippen molar-refractivity contribution in [2.45, 2.75) is 57.0 Å². The van der Waals surface area contributed by atoms with Gasteiger partial charge in [-0.25, -0.2) is 4.79 Å². The van der Waals surface area contributed by atoms with E-state index >= 15 is 26.3 Å². The second-order valence-electron chi connectivity index (χ2n) is 10.6. The maximum Gasteiger partial charge on any atom is 0.514 e. The molecule has 0 radical (unpaired) electrons. The van der Waals surface area contributed by atoms with E-state index < -0.39 is 50.7 Å². The normalized spacial score (nSPS) is 27.9. The first kappa shape index (κ1) is 27.5. The number of para-hydroxylation sites is 1. The van der Waals surface area contributed by atoms with Crippen LogP contribution in [0.5, 0.6) is 5.75 Å². The largest absolute Gasteiger partial charge is 0.514 e. The van der Waals surface area contributed by atoms with Crippen molar-refractivity contribution in [1.82, 2.24) is 0 Å². The Morgan fingerprint density at radius 3 is 1.81 bits per heavy atom. The third-order valence-electron chi connectivity index (χ3n) is 8.41. The highest BCUT2D eigenvalue weighted by Gasteiger charge is 2.85. The molecule has 2 aliphatic carbocycles. The van der Waals surface area contributed by atoms with Crippen molar-refractivity contribution in [3.63, 3.8) is 0 Å². The molecule has 0 amide bonds. The van der Waals surface area contributed by atoms with Gasteiger partial charge in [-0.1, -0.05) is 54.6 Å². The molecule has 1 fully saturated rings. The van der Waals surface area contributed by atoms with E-state index in [-0.39, 0.29) is 28.0 Å². The Bertz CT molecular complexity index is 1740. The minimum atomic E-state index is -5.71. The fourth-order valence-corrected chi connectivity index (χ4v) is 10.1. The van der Waals surface area contributed by atoms with Gasteiger partial charge < -0.3 is 9.47 Å². The fourth-order valence-electron chi connectivity index (χ4n) is 6.67. The average molecular weight is 619 g/mol. The molecule has 2 aliphatic heterocycles. The number of hydrogen-bond donors (Lipinski definition) is 0. The quantitative estimate of drug-likeness (QED) is 0.166. The number of hydrogen-bond acceptors (Lipinski definition) is 5. The predicted octanol–water partition coefficient (Wildman–Crippen LogP) is 9.14. The van der Waals surface area contributed by atoms with Crippen LogP contribution in [0.25, 0.3) is 11.1 Å². The number of alkyl halides is 6. The molecule has 1 saturated carbocycles. The Hall–Kier alpha value is -3.31. The van der Waals surface area contributed by atoms with Gasteiger partial charge >= 0.3 is 23.9 Å². The van der Waals surface area contributed by atoms with Crippen LogP contribution < -0.4 is 4.74 Å². The highest BCUT2D eigenvalue weighted by atomic mass is 32.2. The lowest BCUT2D eigenvalue weighted by Gasteiger charge is -2.51. The van der Waals surface area contributed by atoms with E-state index in [0.29, 0.717) is 9.79 Å². The summed E-state index contributed by atoms with van der Waals surface area (Å²) >= 11 is 2.16. The number of rotatable bonds is 3. The number of fused-ring (bicyclic) bond motifs is 8. The molecule has 0 bridgehead atoms. The molecule has 3 atom stereocenters. The lowest BCUT2D eigenvalue weighted by molar-refractivity contribution is -0.257. The number of carbonyl (C=O) groups excluding carboxylic acids is 1. The van der Waals surface area contributed by atoms with Crippen LogP contribution in [-0.2, 0) is 4.74 Å². The summed E-state index contributed by atoms with van der Waals surface area (Å²) in [5.41, 5.74) is -3.18. The topological polar surface area (TPSA) is 35.5 Å². The van der Waals surface area contributed by atoms with Crippen LogP contribution in [0.3, 0.4) is 0 Å². The predicted molar refractivity (Wildman–Crippen MR) is 147 cm³/mol.